The van der Waals surface area contributed by atoms with Crippen molar-refractivity contribution in [2.24, 2.45) is 0 Å². The van der Waals surface area contributed by atoms with Gasteiger partial charge in [-0.2, -0.15) is 0 Å². The van der Waals surface area contributed by atoms with Crippen LogP contribution in [-0.2, 0) is 14.4 Å². The molecule has 0 bridgehead atoms. The van der Waals surface area contributed by atoms with Crippen molar-refractivity contribution in [1.29, 1.82) is 0 Å². The van der Waals surface area contributed by atoms with E-state index in [0.717, 1.165) is 10.3 Å². The highest BCUT2D eigenvalue weighted by Crippen LogP contribution is 2.21. The summed E-state index contributed by atoms with van der Waals surface area (Å²) in [7, 11) is 0. The topological polar surface area (TPSA) is 105 Å². The van der Waals surface area contributed by atoms with E-state index in [-0.39, 0.29) is 11.7 Å². The van der Waals surface area contributed by atoms with Crippen molar-refractivity contribution in [3.63, 3.8) is 0 Å². The number of nitrogens with zero attached hydrogens (tertiary/aromatic N) is 4. The van der Waals surface area contributed by atoms with Crippen LogP contribution in [0.3, 0.4) is 0 Å². The summed E-state index contributed by atoms with van der Waals surface area (Å²) in [5, 5.41) is 3.46. The molecule has 29 heavy (non-hydrogen) atoms. The highest BCUT2D eigenvalue weighted by Gasteiger charge is 2.19. The Labute approximate surface area is 167 Å². The van der Waals surface area contributed by atoms with Crippen LogP contribution < -0.4 is 10.2 Å². The second kappa shape index (κ2) is 8.39. The van der Waals surface area contributed by atoms with Gasteiger partial charge in [-0.1, -0.05) is 0 Å². The van der Waals surface area contributed by atoms with Gasteiger partial charge >= 0.3 is 0 Å². The van der Waals surface area contributed by atoms with Crippen molar-refractivity contribution in [3.8, 4) is 0 Å². The van der Waals surface area contributed by atoms with Crippen LogP contribution >= 0.6 is 0 Å². The Bertz CT molecular complexity index is 1130. The summed E-state index contributed by atoms with van der Waals surface area (Å²) in [6.45, 7) is 4.04. The molecule has 1 N–H and O–H groups in total. The molecule has 3 heterocycles. The van der Waals surface area contributed by atoms with Crippen LogP contribution in [0, 0.1) is 0 Å². The number of rotatable bonds is 4. The molecule has 0 spiro atoms. The lowest BCUT2D eigenvalue weighted by Crippen LogP contribution is -2.34. The highest BCUT2D eigenvalue weighted by molar-refractivity contribution is 6.13. The van der Waals surface area contributed by atoms with Gasteiger partial charge < -0.3 is 5.32 Å². The minimum atomic E-state index is -0.413. The molecule has 0 fully saturated rings. The number of amides is 3. The molecule has 3 rings (SSSR count). The number of carbonyl (C=O) groups excluding carboxylic acids is 3. The van der Waals surface area contributed by atoms with E-state index in [0.29, 0.717) is 22.7 Å². The van der Waals surface area contributed by atoms with Gasteiger partial charge in [0.15, 0.2) is 5.65 Å². The SMILES string of the molecule is CC(=O)Nc1ccc2ccc(/C=C/c3cccnc3N(C(C)=O)C(C)=O)nc2n1. The van der Waals surface area contributed by atoms with Crippen molar-refractivity contribution in [2.45, 2.75) is 20.8 Å². The van der Waals surface area contributed by atoms with Crippen LogP contribution in [-0.4, -0.2) is 32.7 Å². The van der Waals surface area contributed by atoms with Gasteiger partial charge in [0, 0.05) is 37.9 Å². The van der Waals surface area contributed by atoms with Crippen molar-refractivity contribution < 1.29 is 14.4 Å². The van der Waals surface area contributed by atoms with Gasteiger partial charge in [0.25, 0.3) is 0 Å². The fourth-order valence-corrected chi connectivity index (χ4v) is 2.78. The Balaban J connectivity index is 1.96. The molecule has 0 saturated heterocycles. The van der Waals surface area contributed by atoms with E-state index in [2.05, 4.69) is 20.3 Å². The Morgan fingerprint density at radius 1 is 0.931 bits per heavy atom. The molecule has 0 atom stereocenters. The predicted molar refractivity (Wildman–Crippen MR) is 111 cm³/mol. The quantitative estimate of drug-likeness (QED) is 0.735. The van der Waals surface area contributed by atoms with Crippen LogP contribution in [0.2, 0.25) is 0 Å². The number of nitrogens with one attached hydrogen (secondary N) is 1. The zero-order chi connectivity index (χ0) is 21.0. The molecule has 8 nitrogen and oxygen atoms in total. The second-order valence-electron chi connectivity index (χ2n) is 6.28. The van der Waals surface area contributed by atoms with Gasteiger partial charge in [-0.15, -0.1) is 0 Å². The third-order valence-corrected chi connectivity index (χ3v) is 3.97. The third-order valence-electron chi connectivity index (χ3n) is 3.97. The molecule has 8 heteroatoms. The van der Waals surface area contributed by atoms with Crippen LogP contribution in [0.5, 0.6) is 0 Å². The summed E-state index contributed by atoms with van der Waals surface area (Å²) in [5.74, 6) is -0.353. The van der Waals surface area contributed by atoms with Gasteiger partial charge in [0.2, 0.25) is 17.7 Å². The van der Waals surface area contributed by atoms with Crippen LogP contribution in [0.15, 0.2) is 42.6 Å². The van der Waals surface area contributed by atoms with E-state index >= 15 is 0 Å². The summed E-state index contributed by atoms with van der Waals surface area (Å²) in [5.41, 5.74) is 1.70. The number of fused-ring (bicyclic) bond motifs is 1. The summed E-state index contributed by atoms with van der Waals surface area (Å²) in [6, 6.07) is 10.7. The number of anilines is 2. The fourth-order valence-electron chi connectivity index (χ4n) is 2.78. The first-order valence-corrected chi connectivity index (χ1v) is 8.85. The summed E-state index contributed by atoms with van der Waals surface area (Å²) < 4.78 is 0. The molecule has 0 radical (unpaired) electrons. The molecular formula is C21H19N5O3. The standard InChI is InChI=1S/C21H19N5O3/c1-13(27)23-19-11-8-16-6-9-18(24-20(16)25-19)10-7-17-5-4-12-22-21(17)26(14(2)28)15(3)29/h4-12H,1-3H3,(H,23,24,25,27)/b10-7+. The maximum absolute atomic E-state index is 11.9. The molecule has 3 aromatic rings. The Morgan fingerprint density at radius 2 is 1.66 bits per heavy atom. The average Bonchev–Trinajstić information content (AvgIpc) is 2.66. The van der Waals surface area contributed by atoms with E-state index < -0.39 is 11.8 Å². The lowest BCUT2D eigenvalue weighted by atomic mass is 10.2. The van der Waals surface area contributed by atoms with Gasteiger partial charge in [0.1, 0.15) is 11.6 Å². The summed E-state index contributed by atoms with van der Waals surface area (Å²) in [4.78, 5) is 49.0. The van der Waals surface area contributed by atoms with Crippen molar-refractivity contribution >= 4 is 52.5 Å². The molecular weight excluding hydrogens is 370 g/mol. The molecule has 0 aromatic carbocycles. The van der Waals surface area contributed by atoms with Gasteiger partial charge in [0.05, 0.1) is 5.69 Å². The van der Waals surface area contributed by atoms with E-state index in [1.165, 1.54) is 27.0 Å². The highest BCUT2D eigenvalue weighted by atomic mass is 16.2. The molecule has 0 unspecified atom stereocenters. The summed E-state index contributed by atoms with van der Waals surface area (Å²) in [6.07, 6.45) is 4.99. The number of hydrogen-bond donors (Lipinski definition) is 1. The van der Waals surface area contributed by atoms with Gasteiger partial charge in [-0.25, -0.2) is 19.9 Å². The smallest absolute Gasteiger partial charge is 0.231 e. The van der Waals surface area contributed by atoms with E-state index in [4.69, 9.17) is 0 Å². The molecule has 0 aliphatic heterocycles. The predicted octanol–water partition coefficient (Wildman–Crippen LogP) is 3.05. The normalized spacial score (nSPS) is 10.9. The zero-order valence-corrected chi connectivity index (χ0v) is 16.2. The lowest BCUT2D eigenvalue weighted by molar-refractivity contribution is -0.124. The number of hydrogen-bond acceptors (Lipinski definition) is 6. The van der Waals surface area contributed by atoms with Crippen molar-refractivity contribution in [2.75, 3.05) is 10.2 Å². The van der Waals surface area contributed by atoms with Crippen LogP contribution in [0.4, 0.5) is 11.6 Å². The molecule has 146 valence electrons. The minimum Gasteiger partial charge on any atom is -0.311 e. The second-order valence-corrected chi connectivity index (χ2v) is 6.28. The fraction of sp³-hybridized carbons (Fsp3) is 0.143. The van der Waals surface area contributed by atoms with Crippen molar-refractivity contribution in [1.82, 2.24) is 15.0 Å². The maximum atomic E-state index is 11.9. The van der Waals surface area contributed by atoms with Crippen LogP contribution in [0.1, 0.15) is 32.0 Å². The van der Waals surface area contributed by atoms with E-state index in [1.54, 1.807) is 30.4 Å². The van der Waals surface area contributed by atoms with Crippen molar-refractivity contribution in [3.05, 3.63) is 53.9 Å². The zero-order valence-electron chi connectivity index (χ0n) is 16.2. The molecule has 3 aromatic heterocycles. The van der Waals surface area contributed by atoms with E-state index in [1.807, 2.05) is 18.2 Å². The van der Waals surface area contributed by atoms with Crippen LogP contribution in [0.25, 0.3) is 23.2 Å². The number of imide groups is 1. The monoisotopic (exact) mass is 389 g/mol. The first-order valence-electron chi connectivity index (χ1n) is 8.85. The average molecular weight is 389 g/mol. The van der Waals surface area contributed by atoms with E-state index in [9.17, 15) is 14.4 Å². The maximum Gasteiger partial charge on any atom is 0.231 e. The number of pyridine rings is 3. The minimum absolute atomic E-state index is 0.211. The Hall–Kier alpha value is -3.94. The lowest BCUT2D eigenvalue weighted by Gasteiger charge is -2.17. The number of aromatic nitrogens is 3. The Morgan fingerprint density at radius 3 is 2.34 bits per heavy atom. The number of carbonyl (C=O) groups is 3. The largest absolute Gasteiger partial charge is 0.311 e. The molecule has 0 aliphatic rings. The summed E-state index contributed by atoms with van der Waals surface area (Å²) >= 11 is 0. The molecule has 0 saturated carbocycles. The third kappa shape index (κ3) is 4.67. The molecule has 0 aliphatic carbocycles. The Kier molecular flexibility index (Phi) is 5.73. The first kappa shape index (κ1) is 19.8. The first-order chi connectivity index (χ1) is 13.8. The van der Waals surface area contributed by atoms with Gasteiger partial charge in [-0.3, -0.25) is 14.4 Å². The molecule has 3 amide bonds. The van der Waals surface area contributed by atoms with Gasteiger partial charge in [-0.05, 0) is 48.6 Å².